The van der Waals surface area contributed by atoms with Crippen molar-refractivity contribution in [1.82, 2.24) is 5.32 Å². The third-order valence-electron chi connectivity index (χ3n) is 2.14. The molecule has 1 N–H and O–H groups in total. The molecule has 0 aliphatic heterocycles. The molecule has 4 heteroatoms. The highest BCUT2D eigenvalue weighted by molar-refractivity contribution is 5.86. The molecule has 1 amide bonds. The standard InChI is InChI=1S/C13H13NO3/c1-3-7-11(15)14-12(13(16)17-2)10-8-5-4-6-9-10/h1,4-6,8-9,12H,7H2,2H3,(H,14,15). The Kier molecular flexibility index (Phi) is 4.77. The monoisotopic (exact) mass is 231 g/mol. The van der Waals surface area contributed by atoms with Crippen molar-refractivity contribution in [2.75, 3.05) is 7.11 Å². The van der Waals surface area contributed by atoms with E-state index in [2.05, 4.69) is 16.0 Å². The summed E-state index contributed by atoms with van der Waals surface area (Å²) in [6, 6.07) is 8.02. The SMILES string of the molecule is C#CCC(=O)NC(C(=O)OC)c1ccccc1. The molecule has 0 radical (unpaired) electrons. The van der Waals surface area contributed by atoms with Crippen LogP contribution in [-0.2, 0) is 14.3 Å². The first-order chi connectivity index (χ1) is 8.19. The molecule has 0 aliphatic carbocycles. The van der Waals surface area contributed by atoms with Gasteiger partial charge < -0.3 is 10.1 Å². The van der Waals surface area contributed by atoms with Gasteiger partial charge in [0.15, 0.2) is 6.04 Å². The van der Waals surface area contributed by atoms with Crippen LogP contribution in [0, 0.1) is 12.3 Å². The predicted octanol–water partition coefficient (Wildman–Crippen LogP) is 1.04. The average Bonchev–Trinajstić information content (AvgIpc) is 2.36. The van der Waals surface area contributed by atoms with E-state index in [9.17, 15) is 9.59 Å². The van der Waals surface area contributed by atoms with Gasteiger partial charge >= 0.3 is 5.97 Å². The van der Waals surface area contributed by atoms with Crippen LogP contribution >= 0.6 is 0 Å². The van der Waals surface area contributed by atoms with Gasteiger partial charge in [0.1, 0.15) is 0 Å². The van der Waals surface area contributed by atoms with Gasteiger partial charge in [-0.05, 0) is 5.56 Å². The number of esters is 1. The van der Waals surface area contributed by atoms with E-state index in [1.807, 2.05) is 6.07 Å². The average molecular weight is 231 g/mol. The molecule has 0 saturated heterocycles. The van der Waals surface area contributed by atoms with Crippen molar-refractivity contribution in [2.45, 2.75) is 12.5 Å². The summed E-state index contributed by atoms with van der Waals surface area (Å²) in [5, 5.41) is 2.53. The number of benzene rings is 1. The number of ether oxygens (including phenoxy) is 1. The molecule has 1 unspecified atom stereocenters. The summed E-state index contributed by atoms with van der Waals surface area (Å²) in [6.07, 6.45) is 4.96. The fraction of sp³-hybridized carbons (Fsp3) is 0.231. The largest absolute Gasteiger partial charge is 0.467 e. The van der Waals surface area contributed by atoms with E-state index >= 15 is 0 Å². The van der Waals surface area contributed by atoms with Gasteiger partial charge in [-0.15, -0.1) is 6.42 Å². The molecule has 0 fully saturated rings. The van der Waals surface area contributed by atoms with E-state index in [1.165, 1.54) is 7.11 Å². The minimum Gasteiger partial charge on any atom is -0.467 e. The second-order valence-electron chi connectivity index (χ2n) is 3.32. The Morgan fingerprint density at radius 3 is 2.59 bits per heavy atom. The molecule has 0 aliphatic rings. The van der Waals surface area contributed by atoms with E-state index in [0.717, 1.165) is 0 Å². The molecule has 0 bridgehead atoms. The smallest absolute Gasteiger partial charge is 0.333 e. The Morgan fingerprint density at radius 1 is 1.41 bits per heavy atom. The Labute approximate surface area is 100.0 Å². The van der Waals surface area contributed by atoms with Crippen LogP contribution in [0.2, 0.25) is 0 Å². The topological polar surface area (TPSA) is 55.4 Å². The van der Waals surface area contributed by atoms with Crippen molar-refractivity contribution >= 4 is 11.9 Å². The molecule has 0 aromatic heterocycles. The summed E-state index contributed by atoms with van der Waals surface area (Å²) in [6.45, 7) is 0. The van der Waals surface area contributed by atoms with Gasteiger partial charge in [-0.2, -0.15) is 0 Å². The summed E-state index contributed by atoms with van der Waals surface area (Å²) >= 11 is 0. The molecule has 1 aromatic rings. The third kappa shape index (κ3) is 3.65. The molecule has 0 saturated carbocycles. The lowest BCUT2D eigenvalue weighted by Gasteiger charge is -2.16. The summed E-state index contributed by atoms with van der Waals surface area (Å²) in [5.74, 6) is 1.31. The van der Waals surface area contributed by atoms with Crippen molar-refractivity contribution in [3.63, 3.8) is 0 Å². The first-order valence-corrected chi connectivity index (χ1v) is 5.04. The maximum absolute atomic E-state index is 11.6. The molecule has 0 heterocycles. The Morgan fingerprint density at radius 2 is 2.06 bits per heavy atom. The van der Waals surface area contributed by atoms with Crippen LogP contribution in [0.4, 0.5) is 0 Å². The molecule has 17 heavy (non-hydrogen) atoms. The zero-order chi connectivity index (χ0) is 12.7. The van der Waals surface area contributed by atoms with Crippen LogP contribution in [0.15, 0.2) is 30.3 Å². The molecule has 4 nitrogen and oxygen atoms in total. The van der Waals surface area contributed by atoms with Crippen molar-refractivity contribution in [3.05, 3.63) is 35.9 Å². The number of carbonyl (C=O) groups excluding carboxylic acids is 2. The third-order valence-corrected chi connectivity index (χ3v) is 2.14. The van der Waals surface area contributed by atoms with Crippen molar-refractivity contribution in [1.29, 1.82) is 0 Å². The van der Waals surface area contributed by atoms with Gasteiger partial charge in [-0.1, -0.05) is 36.3 Å². The summed E-state index contributed by atoms with van der Waals surface area (Å²) in [4.78, 5) is 22.9. The van der Waals surface area contributed by atoms with Crippen molar-refractivity contribution < 1.29 is 14.3 Å². The van der Waals surface area contributed by atoms with Gasteiger partial charge in [-0.3, -0.25) is 4.79 Å². The van der Waals surface area contributed by atoms with Gasteiger partial charge in [0, 0.05) is 0 Å². The molecular formula is C13H13NO3. The fourth-order valence-electron chi connectivity index (χ4n) is 1.35. The van der Waals surface area contributed by atoms with E-state index < -0.39 is 12.0 Å². The number of hydrogen-bond donors (Lipinski definition) is 1. The molecule has 1 aromatic carbocycles. The number of nitrogens with one attached hydrogen (secondary N) is 1. The predicted molar refractivity (Wildman–Crippen MR) is 62.8 cm³/mol. The minimum absolute atomic E-state index is 0.0691. The zero-order valence-corrected chi connectivity index (χ0v) is 9.47. The van der Waals surface area contributed by atoms with Gasteiger partial charge in [0.25, 0.3) is 0 Å². The normalized spacial score (nSPS) is 11.1. The lowest BCUT2D eigenvalue weighted by Crippen LogP contribution is -2.34. The van der Waals surface area contributed by atoms with E-state index in [-0.39, 0.29) is 12.3 Å². The lowest BCUT2D eigenvalue weighted by atomic mass is 10.1. The van der Waals surface area contributed by atoms with Crippen LogP contribution in [0.3, 0.4) is 0 Å². The fourth-order valence-corrected chi connectivity index (χ4v) is 1.35. The number of hydrogen-bond acceptors (Lipinski definition) is 3. The summed E-state index contributed by atoms with van der Waals surface area (Å²) in [7, 11) is 1.27. The number of methoxy groups -OCH3 is 1. The summed E-state index contributed by atoms with van der Waals surface area (Å²) < 4.78 is 4.64. The van der Waals surface area contributed by atoms with Crippen LogP contribution in [0.25, 0.3) is 0 Å². The van der Waals surface area contributed by atoms with E-state index in [0.29, 0.717) is 5.56 Å². The second-order valence-corrected chi connectivity index (χ2v) is 3.32. The van der Waals surface area contributed by atoms with Crippen LogP contribution < -0.4 is 5.32 Å². The summed E-state index contributed by atoms with van der Waals surface area (Å²) in [5.41, 5.74) is 0.657. The van der Waals surface area contributed by atoms with Crippen LogP contribution in [0.1, 0.15) is 18.0 Å². The highest BCUT2D eigenvalue weighted by Gasteiger charge is 2.22. The Bertz CT molecular complexity index is 434. The number of rotatable bonds is 4. The molecule has 88 valence electrons. The van der Waals surface area contributed by atoms with Crippen LogP contribution in [-0.4, -0.2) is 19.0 Å². The van der Waals surface area contributed by atoms with Gasteiger partial charge in [-0.25, -0.2) is 4.79 Å². The first kappa shape index (κ1) is 12.8. The highest BCUT2D eigenvalue weighted by atomic mass is 16.5. The molecule has 1 rings (SSSR count). The maximum atomic E-state index is 11.6. The Hall–Kier alpha value is -2.28. The number of terminal acetylenes is 1. The van der Waals surface area contributed by atoms with Crippen molar-refractivity contribution in [2.24, 2.45) is 0 Å². The quantitative estimate of drug-likeness (QED) is 0.622. The zero-order valence-electron chi connectivity index (χ0n) is 9.47. The highest BCUT2D eigenvalue weighted by Crippen LogP contribution is 2.14. The number of amides is 1. The first-order valence-electron chi connectivity index (χ1n) is 5.04. The van der Waals surface area contributed by atoms with Crippen LogP contribution in [0.5, 0.6) is 0 Å². The van der Waals surface area contributed by atoms with Crippen molar-refractivity contribution in [3.8, 4) is 12.3 Å². The van der Waals surface area contributed by atoms with Gasteiger partial charge in [0.05, 0.1) is 13.5 Å². The van der Waals surface area contributed by atoms with E-state index in [1.54, 1.807) is 24.3 Å². The number of carbonyl (C=O) groups is 2. The maximum Gasteiger partial charge on any atom is 0.333 e. The lowest BCUT2D eigenvalue weighted by molar-refractivity contribution is -0.145. The molecule has 1 atom stereocenters. The minimum atomic E-state index is -0.818. The second kappa shape index (κ2) is 6.33. The molecular weight excluding hydrogens is 218 g/mol. The Balaban J connectivity index is 2.86. The molecule has 0 spiro atoms. The van der Waals surface area contributed by atoms with E-state index in [4.69, 9.17) is 6.42 Å². The van der Waals surface area contributed by atoms with Gasteiger partial charge in [0.2, 0.25) is 5.91 Å².